The molecule has 1 heterocycles. The number of carbonyl (C=O) groups is 1. The van der Waals surface area contributed by atoms with E-state index in [0.717, 1.165) is 11.3 Å². The molecule has 0 unspecified atom stereocenters. The van der Waals surface area contributed by atoms with Gasteiger partial charge in [-0.1, -0.05) is 0 Å². The quantitative estimate of drug-likeness (QED) is 0.842. The van der Waals surface area contributed by atoms with Crippen molar-refractivity contribution in [1.82, 2.24) is 4.98 Å². The molecule has 4 N–H and O–H groups in total. The third kappa shape index (κ3) is 3.53. The zero-order valence-electron chi connectivity index (χ0n) is 10.4. The summed E-state index contributed by atoms with van der Waals surface area (Å²) in [6.07, 6.45) is 1.71. The summed E-state index contributed by atoms with van der Waals surface area (Å²) < 4.78 is 5.61. The zero-order chi connectivity index (χ0) is 13.7. The van der Waals surface area contributed by atoms with Crippen LogP contribution in [0.25, 0.3) is 0 Å². The van der Waals surface area contributed by atoms with E-state index in [-0.39, 0.29) is 0 Å². The van der Waals surface area contributed by atoms with Crippen molar-refractivity contribution in [1.29, 1.82) is 0 Å². The normalized spacial score (nSPS) is 10.2. The van der Waals surface area contributed by atoms with E-state index in [1.165, 1.54) is 0 Å². The molecule has 0 saturated heterocycles. The third-order valence-electron chi connectivity index (χ3n) is 2.63. The molecule has 5 heteroatoms. The van der Waals surface area contributed by atoms with Gasteiger partial charge in [0.1, 0.15) is 12.4 Å². The molecule has 0 spiro atoms. The molecule has 0 fully saturated rings. The van der Waals surface area contributed by atoms with Gasteiger partial charge in [-0.3, -0.25) is 9.78 Å². The number of pyridine rings is 1. The lowest BCUT2D eigenvalue weighted by molar-refractivity contribution is 0.100. The molecule has 0 saturated carbocycles. The van der Waals surface area contributed by atoms with E-state index in [9.17, 15) is 4.79 Å². The van der Waals surface area contributed by atoms with Crippen molar-refractivity contribution in [2.75, 3.05) is 0 Å². The molecule has 98 valence electrons. The summed E-state index contributed by atoms with van der Waals surface area (Å²) in [5.41, 5.74) is 13.0. The molecule has 0 aliphatic carbocycles. The van der Waals surface area contributed by atoms with Crippen molar-refractivity contribution >= 4 is 5.91 Å². The summed E-state index contributed by atoms with van der Waals surface area (Å²) >= 11 is 0. The number of ether oxygens (including phenoxy) is 1. The second-order valence-corrected chi connectivity index (χ2v) is 4.04. The highest BCUT2D eigenvalue weighted by molar-refractivity contribution is 5.92. The second kappa shape index (κ2) is 5.97. The molecule has 0 bridgehead atoms. The van der Waals surface area contributed by atoms with Gasteiger partial charge in [0.15, 0.2) is 0 Å². The van der Waals surface area contributed by atoms with Crippen LogP contribution in [0.15, 0.2) is 42.6 Å². The summed E-state index contributed by atoms with van der Waals surface area (Å²) in [5, 5.41) is 0. The highest BCUT2D eigenvalue weighted by Gasteiger charge is 2.01. The lowest BCUT2D eigenvalue weighted by Crippen LogP contribution is -2.10. The van der Waals surface area contributed by atoms with Crippen LogP contribution in [0, 0.1) is 0 Å². The Morgan fingerprint density at radius 1 is 1.21 bits per heavy atom. The second-order valence-electron chi connectivity index (χ2n) is 4.04. The van der Waals surface area contributed by atoms with Crippen molar-refractivity contribution in [3.63, 3.8) is 0 Å². The van der Waals surface area contributed by atoms with Crippen LogP contribution in [0.3, 0.4) is 0 Å². The minimum Gasteiger partial charge on any atom is -0.489 e. The fraction of sp³-hybridized carbons (Fsp3) is 0.143. The fourth-order valence-electron chi connectivity index (χ4n) is 1.61. The number of nitrogens with zero attached hydrogens (tertiary/aromatic N) is 1. The molecule has 1 aromatic heterocycles. The molecule has 0 radical (unpaired) electrons. The fourth-order valence-corrected chi connectivity index (χ4v) is 1.61. The van der Waals surface area contributed by atoms with Gasteiger partial charge in [-0.2, -0.15) is 0 Å². The first-order valence-corrected chi connectivity index (χ1v) is 5.85. The Morgan fingerprint density at radius 3 is 2.58 bits per heavy atom. The van der Waals surface area contributed by atoms with E-state index < -0.39 is 5.91 Å². The Kier molecular flexibility index (Phi) is 4.10. The largest absolute Gasteiger partial charge is 0.489 e. The van der Waals surface area contributed by atoms with E-state index in [1.807, 2.05) is 12.1 Å². The summed E-state index contributed by atoms with van der Waals surface area (Å²) in [7, 11) is 0. The molecular weight excluding hydrogens is 242 g/mol. The van der Waals surface area contributed by atoms with E-state index in [1.54, 1.807) is 30.5 Å². The van der Waals surface area contributed by atoms with Crippen molar-refractivity contribution < 1.29 is 9.53 Å². The highest BCUT2D eigenvalue weighted by Crippen LogP contribution is 2.14. The molecule has 0 aliphatic rings. The van der Waals surface area contributed by atoms with Gasteiger partial charge >= 0.3 is 0 Å². The standard InChI is InChI=1S/C14H15N3O2/c15-8-12-7-10(5-6-17-12)9-19-13-3-1-11(2-4-13)14(16)18/h1-7H,8-9,15H2,(H2,16,18). The van der Waals surface area contributed by atoms with Crippen LogP contribution in [-0.4, -0.2) is 10.9 Å². The van der Waals surface area contributed by atoms with Gasteiger partial charge in [0, 0.05) is 18.3 Å². The van der Waals surface area contributed by atoms with Crippen LogP contribution < -0.4 is 16.2 Å². The topological polar surface area (TPSA) is 91.2 Å². The SMILES string of the molecule is NCc1cc(COc2ccc(C(N)=O)cc2)ccn1. The van der Waals surface area contributed by atoms with Crippen LogP contribution in [0.4, 0.5) is 0 Å². The predicted molar refractivity (Wildman–Crippen MR) is 71.4 cm³/mol. The number of hydrogen-bond acceptors (Lipinski definition) is 4. The Hall–Kier alpha value is -2.40. The molecule has 1 amide bonds. The third-order valence-corrected chi connectivity index (χ3v) is 2.63. The van der Waals surface area contributed by atoms with E-state index >= 15 is 0 Å². The predicted octanol–water partition coefficient (Wildman–Crippen LogP) is 1.22. The van der Waals surface area contributed by atoms with E-state index in [2.05, 4.69) is 4.98 Å². The molecule has 19 heavy (non-hydrogen) atoms. The summed E-state index contributed by atoms with van der Waals surface area (Å²) in [4.78, 5) is 15.0. The van der Waals surface area contributed by atoms with Crippen LogP contribution in [-0.2, 0) is 13.2 Å². The number of carbonyl (C=O) groups excluding carboxylic acids is 1. The Labute approximate surface area is 111 Å². The minimum absolute atomic E-state index is 0.404. The summed E-state index contributed by atoms with van der Waals surface area (Å²) in [6.45, 7) is 0.826. The molecular formula is C14H15N3O2. The first kappa shape index (κ1) is 13.0. The Morgan fingerprint density at radius 2 is 1.95 bits per heavy atom. The minimum atomic E-state index is -0.451. The van der Waals surface area contributed by atoms with Gasteiger partial charge in [0.05, 0.1) is 5.69 Å². The molecule has 1 aromatic carbocycles. The molecule has 2 rings (SSSR count). The lowest BCUT2D eigenvalue weighted by atomic mass is 10.2. The highest BCUT2D eigenvalue weighted by atomic mass is 16.5. The molecule has 2 aromatic rings. The van der Waals surface area contributed by atoms with Crippen molar-refractivity contribution in [3.8, 4) is 5.75 Å². The summed E-state index contributed by atoms with van der Waals surface area (Å²) in [5.74, 6) is 0.226. The number of benzene rings is 1. The summed E-state index contributed by atoms with van der Waals surface area (Å²) in [6, 6.07) is 10.5. The van der Waals surface area contributed by atoms with Crippen LogP contribution >= 0.6 is 0 Å². The number of nitrogens with two attached hydrogens (primary N) is 2. The average Bonchev–Trinajstić information content (AvgIpc) is 2.46. The van der Waals surface area contributed by atoms with Gasteiger partial charge in [0.2, 0.25) is 5.91 Å². The number of rotatable bonds is 5. The van der Waals surface area contributed by atoms with Gasteiger partial charge in [-0.15, -0.1) is 0 Å². The smallest absolute Gasteiger partial charge is 0.248 e. The number of primary amides is 1. The van der Waals surface area contributed by atoms with Crippen molar-refractivity contribution in [3.05, 3.63) is 59.4 Å². The van der Waals surface area contributed by atoms with Gasteiger partial charge in [0.25, 0.3) is 0 Å². The molecule has 0 aliphatic heterocycles. The number of hydrogen-bond donors (Lipinski definition) is 2. The number of amides is 1. The number of aromatic nitrogens is 1. The maximum Gasteiger partial charge on any atom is 0.248 e. The lowest BCUT2D eigenvalue weighted by Gasteiger charge is -2.07. The van der Waals surface area contributed by atoms with E-state index in [4.69, 9.17) is 16.2 Å². The zero-order valence-corrected chi connectivity index (χ0v) is 10.4. The molecule has 0 atom stereocenters. The Balaban J connectivity index is 1.99. The van der Waals surface area contributed by atoms with Crippen LogP contribution in [0.2, 0.25) is 0 Å². The van der Waals surface area contributed by atoms with Crippen molar-refractivity contribution in [2.45, 2.75) is 13.2 Å². The van der Waals surface area contributed by atoms with Gasteiger partial charge in [-0.25, -0.2) is 0 Å². The van der Waals surface area contributed by atoms with Crippen LogP contribution in [0.5, 0.6) is 5.75 Å². The average molecular weight is 257 g/mol. The first-order chi connectivity index (χ1) is 9.19. The van der Waals surface area contributed by atoms with Gasteiger partial charge in [-0.05, 0) is 42.0 Å². The Bertz CT molecular complexity index is 567. The van der Waals surface area contributed by atoms with E-state index in [0.29, 0.717) is 24.5 Å². The van der Waals surface area contributed by atoms with Crippen molar-refractivity contribution in [2.24, 2.45) is 11.5 Å². The van der Waals surface area contributed by atoms with Crippen LogP contribution in [0.1, 0.15) is 21.6 Å². The maximum absolute atomic E-state index is 10.9. The maximum atomic E-state index is 10.9. The monoisotopic (exact) mass is 257 g/mol. The van der Waals surface area contributed by atoms with Gasteiger partial charge < -0.3 is 16.2 Å². The molecule has 5 nitrogen and oxygen atoms in total. The first-order valence-electron chi connectivity index (χ1n) is 5.85.